The van der Waals surface area contributed by atoms with Gasteiger partial charge >= 0.3 is 0 Å². The molecule has 1 saturated heterocycles. The number of nitrogens with one attached hydrogen (secondary N) is 1. The largest absolute Gasteiger partial charge is 0.416 e. The molecule has 1 aliphatic heterocycles. The molecule has 8 nitrogen and oxygen atoms in total. The number of anilines is 1. The number of aromatic nitrogens is 2. The number of carbonyl (C=O) groups is 2. The van der Waals surface area contributed by atoms with E-state index in [4.69, 9.17) is 4.42 Å². The van der Waals surface area contributed by atoms with Gasteiger partial charge < -0.3 is 9.73 Å². The zero-order chi connectivity index (χ0) is 22.6. The number of ketones is 1. The third-order valence-electron chi connectivity index (χ3n) is 5.07. The number of thioether (sulfide) groups is 1. The molecule has 2 aromatic carbocycles. The van der Waals surface area contributed by atoms with Crippen LogP contribution in [0, 0.1) is 5.92 Å². The van der Waals surface area contributed by atoms with Crippen LogP contribution in [0.2, 0.25) is 0 Å². The molecule has 0 aliphatic carbocycles. The summed E-state index contributed by atoms with van der Waals surface area (Å²) in [5.41, 5.74) is 1.65. The van der Waals surface area contributed by atoms with Gasteiger partial charge in [-0.2, -0.15) is 0 Å². The number of rotatable bonds is 8. The molecule has 1 amide bonds. The molecule has 4 rings (SSSR count). The summed E-state index contributed by atoms with van der Waals surface area (Å²) in [6.45, 7) is 0. The molecule has 32 heavy (non-hydrogen) atoms. The Morgan fingerprint density at radius 1 is 1.03 bits per heavy atom. The molecule has 1 fully saturated rings. The second-order valence-electron chi connectivity index (χ2n) is 7.54. The normalized spacial score (nSPS) is 17.2. The molecule has 0 spiro atoms. The molecule has 10 heteroatoms. The summed E-state index contributed by atoms with van der Waals surface area (Å²) < 4.78 is 28.7. The van der Waals surface area contributed by atoms with Gasteiger partial charge in [0.2, 0.25) is 5.89 Å². The van der Waals surface area contributed by atoms with Gasteiger partial charge in [-0.15, -0.1) is 10.2 Å². The van der Waals surface area contributed by atoms with Crippen LogP contribution < -0.4 is 5.32 Å². The quantitative estimate of drug-likeness (QED) is 0.393. The van der Waals surface area contributed by atoms with E-state index < -0.39 is 9.84 Å². The molecule has 3 aromatic rings. The van der Waals surface area contributed by atoms with E-state index in [1.54, 1.807) is 48.5 Å². The molecule has 0 saturated carbocycles. The first-order valence-electron chi connectivity index (χ1n) is 10.0. The van der Waals surface area contributed by atoms with Crippen LogP contribution in [-0.2, 0) is 16.3 Å². The van der Waals surface area contributed by atoms with Crippen LogP contribution in [0.3, 0.4) is 0 Å². The first kappa shape index (κ1) is 22.2. The summed E-state index contributed by atoms with van der Waals surface area (Å²) in [5, 5.41) is 11.0. The molecule has 1 aromatic heterocycles. The van der Waals surface area contributed by atoms with Gasteiger partial charge in [-0.05, 0) is 48.7 Å². The Morgan fingerprint density at radius 2 is 1.78 bits per heavy atom. The van der Waals surface area contributed by atoms with Crippen LogP contribution in [0.25, 0.3) is 0 Å². The van der Waals surface area contributed by atoms with Gasteiger partial charge in [-0.1, -0.05) is 30.0 Å². The van der Waals surface area contributed by atoms with E-state index in [9.17, 15) is 18.0 Å². The predicted molar refractivity (Wildman–Crippen MR) is 121 cm³/mol. The fraction of sp³-hybridized carbons (Fsp3) is 0.273. The number of amides is 1. The van der Waals surface area contributed by atoms with Crippen molar-refractivity contribution < 1.29 is 22.4 Å². The molecular formula is C22H21N3O5S2. The Balaban J connectivity index is 1.27. The number of benzene rings is 2. The summed E-state index contributed by atoms with van der Waals surface area (Å²) in [4.78, 5) is 24.7. The lowest BCUT2D eigenvalue weighted by Gasteiger charge is -2.06. The fourth-order valence-electron chi connectivity index (χ4n) is 3.40. The van der Waals surface area contributed by atoms with Gasteiger partial charge in [-0.3, -0.25) is 9.59 Å². The molecule has 0 bridgehead atoms. The number of nitrogens with zero attached hydrogens (tertiary/aromatic N) is 2. The molecule has 1 atom stereocenters. The van der Waals surface area contributed by atoms with E-state index in [-0.39, 0.29) is 40.1 Å². The highest BCUT2D eigenvalue weighted by molar-refractivity contribution is 7.99. The first-order chi connectivity index (χ1) is 15.4. The summed E-state index contributed by atoms with van der Waals surface area (Å²) in [6.07, 6.45) is 1.03. The smallest absolute Gasteiger partial charge is 0.277 e. The van der Waals surface area contributed by atoms with Crippen molar-refractivity contribution >= 4 is 39.0 Å². The molecule has 1 aliphatic rings. The predicted octanol–water partition coefficient (Wildman–Crippen LogP) is 3.27. The van der Waals surface area contributed by atoms with E-state index in [2.05, 4.69) is 15.5 Å². The molecule has 0 unspecified atom stereocenters. The zero-order valence-electron chi connectivity index (χ0n) is 17.1. The summed E-state index contributed by atoms with van der Waals surface area (Å²) in [6, 6.07) is 15.5. The second kappa shape index (κ2) is 9.66. The third-order valence-corrected chi connectivity index (χ3v) is 7.72. The van der Waals surface area contributed by atoms with Gasteiger partial charge in [0.05, 0.1) is 17.3 Å². The lowest BCUT2D eigenvalue weighted by atomic mass is 10.1. The highest BCUT2D eigenvalue weighted by atomic mass is 32.2. The minimum atomic E-state index is -2.95. The van der Waals surface area contributed by atoms with Gasteiger partial charge in [0, 0.05) is 23.2 Å². The van der Waals surface area contributed by atoms with E-state index >= 15 is 0 Å². The molecule has 166 valence electrons. The molecule has 0 radical (unpaired) electrons. The highest BCUT2D eigenvalue weighted by Crippen LogP contribution is 2.24. The van der Waals surface area contributed by atoms with E-state index in [0.29, 0.717) is 35.5 Å². The van der Waals surface area contributed by atoms with Crippen molar-refractivity contribution in [2.75, 3.05) is 22.6 Å². The number of hydrogen-bond donors (Lipinski definition) is 1. The minimum Gasteiger partial charge on any atom is -0.416 e. The van der Waals surface area contributed by atoms with E-state index in [1.807, 2.05) is 6.07 Å². The molecular weight excluding hydrogens is 450 g/mol. The average Bonchev–Trinajstić information content (AvgIpc) is 3.38. The number of sulfone groups is 1. The fourth-order valence-corrected chi connectivity index (χ4v) is 5.94. The summed E-state index contributed by atoms with van der Waals surface area (Å²) in [5.74, 6) is 0.533. The van der Waals surface area contributed by atoms with Gasteiger partial charge in [-0.25, -0.2) is 8.42 Å². The van der Waals surface area contributed by atoms with Crippen LogP contribution in [0.5, 0.6) is 0 Å². The lowest BCUT2D eigenvalue weighted by molar-refractivity contribution is 0.101. The Labute approximate surface area is 189 Å². The maximum absolute atomic E-state index is 12.5. The first-order valence-corrected chi connectivity index (χ1v) is 12.8. The van der Waals surface area contributed by atoms with E-state index in [1.165, 1.54) is 0 Å². The van der Waals surface area contributed by atoms with Gasteiger partial charge in [0.15, 0.2) is 15.6 Å². The van der Waals surface area contributed by atoms with Crippen LogP contribution in [0.15, 0.2) is 64.2 Å². The van der Waals surface area contributed by atoms with Crippen molar-refractivity contribution in [1.29, 1.82) is 0 Å². The van der Waals surface area contributed by atoms with E-state index in [0.717, 1.165) is 11.8 Å². The molecule has 1 N–H and O–H groups in total. The zero-order valence-corrected chi connectivity index (χ0v) is 18.7. The van der Waals surface area contributed by atoms with Gasteiger partial charge in [0.1, 0.15) is 0 Å². The summed E-state index contributed by atoms with van der Waals surface area (Å²) in [7, 11) is -2.95. The van der Waals surface area contributed by atoms with Crippen molar-refractivity contribution in [2.45, 2.75) is 18.1 Å². The van der Waals surface area contributed by atoms with Crippen LogP contribution in [0.4, 0.5) is 5.69 Å². The Hall–Kier alpha value is -2.98. The highest BCUT2D eigenvalue weighted by Gasteiger charge is 2.29. The topological polar surface area (TPSA) is 119 Å². The third kappa shape index (κ3) is 5.83. The maximum atomic E-state index is 12.5. The molecule has 2 heterocycles. The number of hydrogen-bond acceptors (Lipinski definition) is 8. The average molecular weight is 472 g/mol. The van der Waals surface area contributed by atoms with Crippen molar-refractivity contribution in [3.05, 3.63) is 71.6 Å². The Kier molecular flexibility index (Phi) is 6.71. The van der Waals surface area contributed by atoms with Crippen molar-refractivity contribution in [3.63, 3.8) is 0 Å². The van der Waals surface area contributed by atoms with Crippen molar-refractivity contribution in [3.8, 4) is 0 Å². The Bertz CT molecular complexity index is 1210. The van der Waals surface area contributed by atoms with Crippen LogP contribution >= 0.6 is 11.8 Å². The van der Waals surface area contributed by atoms with Crippen LogP contribution in [0.1, 0.15) is 33.0 Å². The Morgan fingerprint density at radius 3 is 2.47 bits per heavy atom. The lowest BCUT2D eigenvalue weighted by Crippen LogP contribution is -2.11. The van der Waals surface area contributed by atoms with Crippen molar-refractivity contribution in [1.82, 2.24) is 10.2 Å². The standard InChI is InChI=1S/C22H21N3O5S2/c26-19(13-31-22-25-24-20(30-22)12-15-10-11-32(28,29)14-15)16-6-8-18(9-7-16)23-21(27)17-4-2-1-3-5-17/h1-9,15H,10-14H2,(H,23,27)/t15-/m0/s1. The SMILES string of the molecule is O=C(CSc1nnc(C[C@@H]2CCS(=O)(=O)C2)o1)c1ccc(NC(=O)c2ccccc2)cc1. The number of carbonyl (C=O) groups excluding carboxylic acids is 2. The second-order valence-corrected chi connectivity index (χ2v) is 10.7. The van der Waals surface area contributed by atoms with Crippen LogP contribution in [-0.4, -0.2) is 47.6 Å². The number of Topliss-reactive ketones (excluding diaryl/α,β-unsaturated/α-hetero) is 1. The minimum absolute atomic E-state index is 0.000767. The summed E-state index contributed by atoms with van der Waals surface area (Å²) >= 11 is 1.14. The van der Waals surface area contributed by atoms with Gasteiger partial charge in [0.25, 0.3) is 11.1 Å². The monoisotopic (exact) mass is 471 g/mol. The maximum Gasteiger partial charge on any atom is 0.277 e. The van der Waals surface area contributed by atoms with Crippen molar-refractivity contribution in [2.24, 2.45) is 5.92 Å².